The van der Waals surface area contributed by atoms with Gasteiger partial charge in [-0.05, 0) is 18.1 Å². The minimum atomic E-state index is -0.231. The molecule has 0 spiro atoms. The van der Waals surface area contributed by atoms with Crippen molar-refractivity contribution in [2.75, 3.05) is 43.5 Å². The monoisotopic (exact) mass is 305 g/mol. The first kappa shape index (κ1) is 14.6. The Morgan fingerprint density at radius 3 is 3.18 bits per heavy atom. The molecule has 1 fully saturated rings. The average molecular weight is 305 g/mol. The number of urea groups is 1. The van der Waals surface area contributed by atoms with Gasteiger partial charge in [-0.1, -0.05) is 13.0 Å². The van der Waals surface area contributed by atoms with Crippen molar-refractivity contribution in [3.8, 4) is 5.75 Å². The van der Waals surface area contributed by atoms with Gasteiger partial charge in [0.1, 0.15) is 11.4 Å². The molecular weight excluding hydrogens is 286 g/mol. The van der Waals surface area contributed by atoms with Crippen LogP contribution in [-0.2, 0) is 9.53 Å². The Bertz CT molecular complexity index is 590. The highest BCUT2D eigenvalue weighted by molar-refractivity contribution is 6.02. The molecule has 1 unspecified atom stereocenters. The van der Waals surface area contributed by atoms with Crippen LogP contribution in [0.4, 0.5) is 16.2 Å². The van der Waals surface area contributed by atoms with Crippen LogP contribution in [0.25, 0.3) is 0 Å². The van der Waals surface area contributed by atoms with Crippen LogP contribution in [0.15, 0.2) is 18.2 Å². The largest absolute Gasteiger partial charge is 0.481 e. The van der Waals surface area contributed by atoms with E-state index in [2.05, 4.69) is 10.6 Å². The van der Waals surface area contributed by atoms with Gasteiger partial charge in [-0.2, -0.15) is 0 Å². The minimum Gasteiger partial charge on any atom is -0.481 e. The second kappa shape index (κ2) is 6.23. The first-order valence-corrected chi connectivity index (χ1v) is 7.33. The number of nitrogens with one attached hydrogen (secondary N) is 2. The van der Waals surface area contributed by atoms with Gasteiger partial charge < -0.3 is 25.0 Å². The van der Waals surface area contributed by atoms with Gasteiger partial charge in [0.05, 0.1) is 18.9 Å². The van der Waals surface area contributed by atoms with E-state index in [9.17, 15) is 9.59 Å². The molecule has 1 aromatic rings. The lowest BCUT2D eigenvalue weighted by atomic mass is 10.2. The van der Waals surface area contributed by atoms with E-state index in [0.717, 1.165) is 0 Å². The van der Waals surface area contributed by atoms with Crippen LogP contribution in [0.5, 0.6) is 5.75 Å². The lowest BCUT2D eigenvalue weighted by Crippen LogP contribution is -2.38. The highest BCUT2D eigenvalue weighted by atomic mass is 16.5. The van der Waals surface area contributed by atoms with Gasteiger partial charge in [-0.25, -0.2) is 4.79 Å². The number of carbonyl (C=O) groups is 2. The summed E-state index contributed by atoms with van der Waals surface area (Å²) in [7, 11) is 0. The van der Waals surface area contributed by atoms with Crippen molar-refractivity contribution < 1.29 is 19.1 Å². The summed E-state index contributed by atoms with van der Waals surface area (Å²) in [6.07, 6.45) is 0. The predicted molar refractivity (Wildman–Crippen MR) is 81.1 cm³/mol. The summed E-state index contributed by atoms with van der Waals surface area (Å²) < 4.78 is 10.8. The van der Waals surface area contributed by atoms with Crippen molar-refractivity contribution in [2.45, 2.75) is 6.92 Å². The molecule has 3 rings (SSSR count). The Labute approximate surface area is 128 Å². The molecule has 1 aromatic carbocycles. The number of hydrogen-bond acceptors (Lipinski definition) is 4. The normalized spacial score (nSPS) is 21.2. The first-order chi connectivity index (χ1) is 10.6. The van der Waals surface area contributed by atoms with Gasteiger partial charge >= 0.3 is 6.03 Å². The van der Waals surface area contributed by atoms with Crippen molar-refractivity contribution in [2.24, 2.45) is 5.92 Å². The predicted octanol–water partition coefficient (Wildman–Crippen LogP) is 1.52. The Balaban J connectivity index is 1.75. The zero-order chi connectivity index (χ0) is 15.5. The van der Waals surface area contributed by atoms with E-state index < -0.39 is 0 Å². The van der Waals surface area contributed by atoms with Gasteiger partial charge in [0.15, 0.2) is 6.61 Å². The second-order valence-electron chi connectivity index (χ2n) is 5.57. The molecule has 2 aliphatic rings. The molecule has 0 radical (unpaired) electrons. The molecule has 1 saturated heterocycles. The lowest BCUT2D eigenvalue weighted by Gasteiger charge is -2.25. The van der Waals surface area contributed by atoms with E-state index in [1.165, 1.54) is 0 Å². The van der Waals surface area contributed by atoms with Gasteiger partial charge in [-0.15, -0.1) is 0 Å². The van der Waals surface area contributed by atoms with E-state index in [1.807, 2.05) is 6.92 Å². The van der Waals surface area contributed by atoms with Crippen LogP contribution in [0.2, 0.25) is 0 Å². The first-order valence-electron chi connectivity index (χ1n) is 7.33. The number of ether oxygens (including phenoxy) is 2. The standard InChI is InChI=1S/C15H19N3O4/c1-10-7-18(5-6-21-8-10)15(20)16-11-3-2-4-12-14(11)17-13(19)9-22-12/h2-4,10H,5-9H2,1H3,(H,16,20)(H,17,19). The van der Waals surface area contributed by atoms with E-state index in [-0.39, 0.29) is 18.5 Å². The quantitative estimate of drug-likeness (QED) is 0.824. The molecule has 0 aliphatic carbocycles. The van der Waals surface area contributed by atoms with Crippen LogP contribution >= 0.6 is 0 Å². The lowest BCUT2D eigenvalue weighted by molar-refractivity contribution is -0.118. The zero-order valence-corrected chi connectivity index (χ0v) is 12.4. The maximum Gasteiger partial charge on any atom is 0.321 e. The Morgan fingerprint density at radius 2 is 2.32 bits per heavy atom. The number of carbonyl (C=O) groups excluding carboxylic acids is 2. The fourth-order valence-corrected chi connectivity index (χ4v) is 2.56. The Kier molecular flexibility index (Phi) is 4.15. The molecule has 7 nitrogen and oxygen atoms in total. The fourth-order valence-electron chi connectivity index (χ4n) is 2.56. The van der Waals surface area contributed by atoms with E-state index in [1.54, 1.807) is 23.1 Å². The summed E-state index contributed by atoms with van der Waals surface area (Å²) >= 11 is 0. The molecule has 0 aromatic heterocycles. The molecule has 2 aliphatic heterocycles. The summed E-state index contributed by atoms with van der Waals surface area (Å²) in [5.74, 6) is 0.622. The van der Waals surface area contributed by atoms with Gasteiger partial charge in [0.2, 0.25) is 0 Å². The number of fused-ring (bicyclic) bond motifs is 1. The average Bonchev–Trinajstić information content (AvgIpc) is 2.72. The van der Waals surface area contributed by atoms with E-state index >= 15 is 0 Å². The third-order valence-corrected chi connectivity index (χ3v) is 3.62. The van der Waals surface area contributed by atoms with Gasteiger partial charge in [0, 0.05) is 13.1 Å². The van der Waals surface area contributed by atoms with Crippen molar-refractivity contribution in [3.05, 3.63) is 18.2 Å². The van der Waals surface area contributed by atoms with Crippen molar-refractivity contribution in [1.29, 1.82) is 0 Å². The molecule has 7 heteroatoms. The summed E-state index contributed by atoms with van der Waals surface area (Å²) in [6.45, 7) is 4.42. The number of amides is 3. The van der Waals surface area contributed by atoms with Crippen LogP contribution in [0.3, 0.4) is 0 Å². The highest BCUT2D eigenvalue weighted by Gasteiger charge is 2.23. The van der Waals surface area contributed by atoms with Gasteiger partial charge in [-0.3, -0.25) is 4.79 Å². The number of para-hydroxylation sites is 1. The smallest absolute Gasteiger partial charge is 0.321 e. The molecule has 3 amide bonds. The molecule has 1 atom stereocenters. The number of nitrogens with zero attached hydrogens (tertiary/aromatic N) is 1. The summed E-state index contributed by atoms with van der Waals surface area (Å²) in [4.78, 5) is 25.6. The maximum absolute atomic E-state index is 12.4. The molecule has 2 heterocycles. The maximum atomic E-state index is 12.4. The number of hydrogen-bond donors (Lipinski definition) is 2. The SMILES string of the molecule is CC1COCCN(C(=O)Nc2cccc3c2NC(=O)CO3)C1. The highest BCUT2D eigenvalue weighted by Crippen LogP contribution is 2.34. The van der Waals surface area contributed by atoms with E-state index in [0.29, 0.717) is 49.3 Å². The van der Waals surface area contributed by atoms with Gasteiger partial charge in [0.25, 0.3) is 5.91 Å². The molecule has 118 valence electrons. The number of benzene rings is 1. The summed E-state index contributed by atoms with van der Waals surface area (Å²) in [5.41, 5.74) is 1.04. The Morgan fingerprint density at radius 1 is 1.45 bits per heavy atom. The summed E-state index contributed by atoms with van der Waals surface area (Å²) in [5, 5.41) is 5.58. The van der Waals surface area contributed by atoms with Crippen LogP contribution in [-0.4, -0.2) is 49.7 Å². The van der Waals surface area contributed by atoms with Crippen LogP contribution < -0.4 is 15.4 Å². The second-order valence-corrected chi connectivity index (χ2v) is 5.57. The topological polar surface area (TPSA) is 79.9 Å². The zero-order valence-electron chi connectivity index (χ0n) is 12.4. The van der Waals surface area contributed by atoms with Crippen LogP contribution in [0, 0.1) is 5.92 Å². The minimum absolute atomic E-state index is 0.00855. The third-order valence-electron chi connectivity index (χ3n) is 3.62. The molecule has 2 N–H and O–H groups in total. The number of rotatable bonds is 1. The van der Waals surface area contributed by atoms with Crippen molar-refractivity contribution >= 4 is 23.3 Å². The number of anilines is 2. The molecular formula is C15H19N3O4. The van der Waals surface area contributed by atoms with Crippen molar-refractivity contribution in [3.63, 3.8) is 0 Å². The molecule has 0 saturated carbocycles. The van der Waals surface area contributed by atoms with E-state index in [4.69, 9.17) is 9.47 Å². The fraction of sp³-hybridized carbons (Fsp3) is 0.467. The summed E-state index contributed by atoms with van der Waals surface area (Å²) in [6, 6.07) is 5.07. The molecule has 0 bridgehead atoms. The molecule has 22 heavy (non-hydrogen) atoms. The van der Waals surface area contributed by atoms with Crippen molar-refractivity contribution in [1.82, 2.24) is 4.90 Å². The van der Waals surface area contributed by atoms with Crippen LogP contribution in [0.1, 0.15) is 6.92 Å². The third kappa shape index (κ3) is 3.14. The Hall–Kier alpha value is -2.28.